The molecule has 64 valence electrons. The molecule has 0 radical (unpaired) electrons. The van der Waals surface area contributed by atoms with Crippen molar-refractivity contribution in [3.63, 3.8) is 0 Å². The molecule has 11 heavy (non-hydrogen) atoms. The number of amides is 1. The molecule has 0 saturated carbocycles. The lowest BCUT2D eigenvalue weighted by Gasteiger charge is -2.23. The molecule has 1 saturated heterocycles. The molecule has 1 amide bonds. The van der Waals surface area contributed by atoms with Gasteiger partial charge in [-0.3, -0.25) is 4.48 Å². The van der Waals surface area contributed by atoms with E-state index in [1.165, 1.54) is 6.92 Å². The van der Waals surface area contributed by atoms with E-state index < -0.39 is 5.92 Å². The molecule has 0 spiro atoms. The summed E-state index contributed by atoms with van der Waals surface area (Å²) in [6, 6.07) is 0. The maximum absolute atomic E-state index is 12.6. The minimum atomic E-state index is -2.64. The number of quaternary nitrogens is 1. The monoisotopic (exact) mass is 164 g/mol. The maximum atomic E-state index is 12.6. The first-order chi connectivity index (χ1) is 4.86. The highest BCUT2D eigenvalue weighted by atomic mass is 19.3. The fraction of sp³-hybridized carbons (Fsp3) is 0.857. The van der Waals surface area contributed by atoms with Crippen LogP contribution in [-0.4, -0.2) is 36.4 Å². The molecule has 0 aromatic rings. The van der Waals surface area contributed by atoms with Crippen molar-refractivity contribution in [2.75, 3.05) is 20.1 Å². The van der Waals surface area contributed by atoms with E-state index >= 15 is 0 Å². The number of nitrogens with zero attached hydrogens (tertiary/aromatic N) is 1. The second-order valence-electron chi connectivity index (χ2n) is 3.40. The van der Waals surface area contributed by atoms with Gasteiger partial charge in [-0.05, 0) is 0 Å². The molecule has 1 fully saturated rings. The third-order valence-corrected chi connectivity index (χ3v) is 2.31. The molecule has 1 aliphatic rings. The second-order valence-corrected chi connectivity index (χ2v) is 3.40. The topological polar surface area (TPSA) is 17.1 Å². The normalized spacial score (nSPS) is 35.6. The van der Waals surface area contributed by atoms with Gasteiger partial charge in [0.2, 0.25) is 0 Å². The molecule has 0 aromatic carbocycles. The molecule has 2 nitrogen and oxygen atoms in total. The molecule has 0 aromatic heterocycles. The van der Waals surface area contributed by atoms with E-state index in [9.17, 15) is 13.6 Å². The Balaban J connectivity index is 2.73. The standard InChI is InChI=1S/C7H12F2NO/c1-6(11)10(2)4-3-7(8,9)5-10/h3-5H2,1-2H3/q+1. The summed E-state index contributed by atoms with van der Waals surface area (Å²) in [6.07, 6.45) is -0.164. The van der Waals surface area contributed by atoms with Crippen LogP contribution in [0.25, 0.3) is 0 Å². The van der Waals surface area contributed by atoms with E-state index in [1.807, 2.05) is 0 Å². The van der Waals surface area contributed by atoms with Gasteiger partial charge in [0, 0.05) is 0 Å². The van der Waals surface area contributed by atoms with Crippen LogP contribution in [-0.2, 0) is 4.79 Å². The van der Waals surface area contributed by atoms with E-state index in [0.29, 0.717) is 0 Å². The Labute approximate surface area is 64.4 Å². The molecule has 1 aliphatic heterocycles. The number of likely N-dealkylation sites (tertiary alicyclic amines) is 1. The summed E-state index contributed by atoms with van der Waals surface area (Å²) in [5.41, 5.74) is 0. The van der Waals surface area contributed by atoms with Gasteiger partial charge in [0.25, 0.3) is 0 Å². The summed E-state index contributed by atoms with van der Waals surface area (Å²) < 4.78 is 25.1. The number of rotatable bonds is 0. The van der Waals surface area contributed by atoms with Crippen molar-refractivity contribution >= 4 is 5.91 Å². The minimum absolute atomic E-state index is 0.118. The van der Waals surface area contributed by atoms with Crippen LogP contribution in [0.5, 0.6) is 0 Å². The van der Waals surface area contributed by atoms with Crippen LogP contribution in [0.3, 0.4) is 0 Å². The summed E-state index contributed by atoms with van der Waals surface area (Å²) in [7, 11) is 1.56. The van der Waals surface area contributed by atoms with Crippen LogP contribution >= 0.6 is 0 Å². The Hall–Kier alpha value is -0.510. The van der Waals surface area contributed by atoms with Crippen LogP contribution in [0.2, 0.25) is 0 Å². The number of alkyl halides is 2. The molecule has 0 bridgehead atoms. The van der Waals surface area contributed by atoms with Gasteiger partial charge in [0.15, 0.2) is 6.54 Å². The van der Waals surface area contributed by atoms with Crippen molar-refractivity contribution in [1.82, 2.24) is 0 Å². The van der Waals surface area contributed by atoms with Gasteiger partial charge >= 0.3 is 11.8 Å². The number of carbonyl (C=O) groups excluding carboxylic acids is 1. The average Bonchev–Trinajstić information content (AvgIpc) is 2.08. The van der Waals surface area contributed by atoms with Crippen molar-refractivity contribution in [3.05, 3.63) is 0 Å². The quantitative estimate of drug-likeness (QED) is 0.488. The maximum Gasteiger partial charge on any atom is 0.310 e. The van der Waals surface area contributed by atoms with E-state index in [1.54, 1.807) is 7.05 Å². The van der Waals surface area contributed by atoms with Gasteiger partial charge in [0.05, 0.1) is 26.9 Å². The lowest BCUT2D eigenvalue weighted by atomic mass is 10.3. The van der Waals surface area contributed by atoms with E-state index in [0.717, 1.165) is 0 Å². The van der Waals surface area contributed by atoms with Gasteiger partial charge in [0.1, 0.15) is 0 Å². The van der Waals surface area contributed by atoms with Crippen LogP contribution in [0.1, 0.15) is 13.3 Å². The molecule has 4 heteroatoms. The zero-order valence-electron chi connectivity index (χ0n) is 6.73. The molecule has 1 unspecified atom stereocenters. The summed E-state index contributed by atoms with van der Waals surface area (Å²) in [6.45, 7) is 1.30. The molecule has 0 aliphatic carbocycles. The van der Waals surface area contributed by atoms with Crippen molar-refractivity contribution in [1.29, 1.82) is 0 Å². The lowest BCUT2D eigenvalue weighted by molar-refractivity contribution is -0.824. The van der Waals surface area contributed by atoms with Crippen molar-refractivity contribution in [2.45, 2.75) is 19.3 Å². The van der Waals surface area contributed by atoms with Gasteiger partial charge in [-0.25, -0.2) is 13.6 Å². The summed E-state index contributed by atoms with van der Waals surface area (Å²) in [4.78, 5) is 10.9. The molecule has 0 N–H and O–H groups in total. The van der Waals surface area contributed by atoms with E-state index in [2.05, 4.69) is 0 Å². The number of hydrogen-bond acceptors (Lipinski definition) is 1. The summed E-state index contributed by atoms with van der Waals surface area (Å²) in [5, 5.41) is 0. The largest absolute Gasteiger partial charge is 0.310 e. The van der Waals surface area contributed by atoms with Gasteiger partial charge in [-0.15, -0.1) is 0 Å². The first-order valence-corrected chi connectivity index (χ1v) is 3.59. The Bertz CT molecular complexity index is 193. The molecule has 1 atom stereocenters. The smallest absolute Gasteiger partial charge is 0.258 e. The Morgan fingerprint density at radius 1 is 1.55 bits per heavy atom. The Morgan fingerprint density at radius 2 is 2.09 bits per heavy atom. The van der Waals surface area contributed by atoms with E-state index in [-0.39, 0.29) is 29.9 Å². The first-order valence-electron chi connectivity index (χ1n) is 3.59. The van der Waals surface area contributed by atoms with Crippen molar-refractivity contribution in [3.8, 4) is 0 Å². The molecule has 1 rings (SSSR count). The third-order valence-electron chi connectivity index (χ3n) is 2.31. The van der Waals surface area contributed by atoms with Crippen LogP contribution < -0.4 is 0 Å². The SMILES string of the molecule is CC(=O)[N+]1(C)CCC(F)(F)C1. The van der Waals surface area contributed by atoms with Gasteiger partial charge in [-0.2, -0.15) is 0 Å². The van der Waals surface area contributed by atoms with Crippen molar-refractivity contribution < 1.29 is 18.1 Å². The Morgan fingerprint density at radius 3 is 2.27 bits per heavy atom. The van der Waals surface area contributed by atoms with Crippen LogP contribution in [0.15, 0.2) is 0 Å². The first kappa shape index (κ1) is 8.59. The minimum Gasteiger partial charge on any atom is -0.258 e. The summed E-state index contributed by atoms with van der Waals surface area (Å²) in [5.74, 6) is -2.82. The number of halogens is 2. The van der Waals surface area contributed by atoms with Gasteiger partial charge < -0.3 is 0 Å². The van der Waals surface area contributed by atoms with E-state index in [4.69, 9.17) is 0 Å². The van der Waals surface area contributed by atoms with Gasteiger partial charge in [-0.1, -0.05) is 0 Å². The highest BCUT2D eigenvalue weighted by Gasteiger charge is 2.50. The predicted octanol–water partition coefficient (Wildman–Crippen LogP) is 1.02. The number of hydrogen-bond donors (Lipinski definition) is 0. The predicted molar refractivity (Wildman–Crippen MR) is 36.2 cm³/mol. The zero-order chi connectivity index (χ0) is 8.70. The number of carbonyl (C=O) groups is 1. The highest BCUT2D eigenvalue weighted by Crippen LogP contribution is 2.31. The fourth-order valence-electron chi connectivity index (χ4n) is 1.35. The van der Waals surface area contributed by atoms with Crippen LogP contribution in [0, 0.1) is 0 Å². The van der Waals surface area contributed by atoms with Crippen molar-refractivity contribution in [2.24, 2.45) is 0 Å². The second kappa shape index (κ2) is 2.24. The summed E-state index contributed by atoms with van der Waals surface area (Å²) >= 11 is 0. The van der Waals surface area contributed by atoms with Crippen LogP contribution in [0.4, 0.5) is 8.78 Å². The molecular weight excluding hydrogens is 152 g/mol. The zero-order valence-corrected chi connectivity index (χ0v) is 6.73. The fourth-order valence-corrected chi connectivity index (χ4v) is 1.35. The molecule has 1 heterocycles. The molecular formula is C7H12F2NO+. The average molecular weight is 164 g/mol. The Kier molecular flexibility index (Phi) is 1.75. The lowest BCUT2D eigenvalue weighted by Crippen LogP contribution is -2.47. The highest BCUT2D eigenvalue weighted by molar-refractivity contribution is 5.65. The third kappa shape index (κ3) is 1.56.